The van der Waals surface area contributed by atoms with E-state index in [2.05, 4.69) is 5.32 Å². The zero-order chi connectivity index (χ0) is 20.4. The van der Waals surface area contributed by atoms with Gasteiger partial charge in [-0.05, 0) is 31.2 Å². The molecule has 142 valence electrons. The van der Waals surface area contributed by atoms with E-state index < -0.39 is 10.8 Å². The first-order valence-electron chi connectivity index (χ1n) is 9.04. The Bertz CT molecular complexity index is 1240. The predicted octanol–water partition coefficient (Wildman–Crippen LogP) is 5.37. The number of para-hydroxylation sites is 2. The Hall–Kier alpha value is -4.06. The van der Waals surface area contributed by atoms with Crippen molar-refractivity contribution in [3.05, 3.63) is 100 Å². The number of hydrogen-bond donors (Lipinski definition) is 1. The van der Waals surface area contributed by atoms with E-state index in [1.165, 1.54) is 12.1 Å². The highest BCUT2D eigenvalue weighted by Gasteiger charge is 2.19. The van der Waals surface area contributed by atoms with Crippen LogP contribution in [0.2, 0.25) is 0 Å². The Labute approximate surface area is 167 Å². The van der Waals surface area contributed by atoms with Gasteiger partial charge in [-0.1, -0.05) is 54.1 Å². The highest BCUT2D eigenvalue weighted by atomic mass is 16.6. The maximum absolute atomic E-state index is 13.1. The molecule has 1 amide bonds. The van der Waals surface area contributed by atoms with Crippen LogP contribution in [0.15, 0.2) is 78.9 Å². The van der Waals surface area contributed by atoms with Gasteiger partial charge in [-0.3, -0.25) is 14.9 Å². The standard InChI is InChI=1S/C23H17N3O3/c1-15-11-12-19-17(13-15)18(14-21(24-19)16-7-3-2-4-8-16)23(27)25-20-9-5-6-10-22(20)26(28)29/h2-14H,1H3,(H,25,27). The molecule has 29 heavy (non-hydrogen) atoms. The Morgan fingerprint density at radius 3 is 2.45 bits per heavy atom. The molecule has 6 heteroatoms. The van der Waals surface area contributed by atoms with Gasteiger partial charge in [0.05, 0.1) is 21.7 Å². The third-order valence-electron chi connectivity index (χ3n) is 4.63. The molecule has 0 spiro atoms. The second-order valence-corrected chi connectivity index (χ2v) is 6.67. The number of pyridine rings is 1. The van der Waals surface area contributed by atoms with Gasteiger partial charge in [0, 0.05) is 17.0 Å². The van der Waals surface area contributed by atoms with E-state index in [0.29, 0.717) is 22.2 Å². The van der Waals surface area contributed by atoms with Crippen molar-refractivity contribution >= 4 is 28.2 Å². The molecule has 0 atom stereocenters. The molecule has 0 saturated carbocycles. The molecular weight excluding hydrogens is 366 g/mol. The highest BCUT2D eigenvalue weighted by molar-refractivity contribution is 6.13. The number of fused-ring (bicyclic) bond motifs is 1. The fraction of sp³-hybridized carbons (Fsp3) is 0.0435. The number of rotatable bonds is 4. The van der Waals surface area contributed by atoms with Crippen molar-refractivity contribution in [3.8, 4) is 11.3 Å². The van der Waals surface area contributed by atoms with E-state index in [0.717, 1.165) is 11.1 Å². The summed E-state index contributed by atoms with van der Waals surface area (Å²) in [5, 5.41) is 14.7. The number of aryl methyl sites for hydroxylation is 1. The van der Waals surface area contributed by atoms with Crippen molar-refractivity contribution in [3.63, 3.8) is 0 Å². The lowest BCUT2D eigenvalue weighted by atomic mass is 10.0. The van der Waals surface area contributed by atoms with Crippen LogP contribution in [0.5, 0.6) is 0 Å². The normalized spacial score (nSPS) is 10.7. The second kappa shape index (κ2) is 7.52. The van der Waals surface area contributed by atoms with Crippen LogP contribution in [-0.2, 0) is 0 Å². The summed E-state index contributed by atoms with van der Waals surface area (Å²) in [4.78, 5) is 28.6. The SMILES string of the molecule is Cc1ccc2nc(-c3ccccc3)cc(C(=O)Nc3ccccc3[N+](=O)[O-])c2c1. The monoisotopic (exact) mass is 383 g/mol. The summed E-state index contributed by atoms with van der Waals surface area (Å²) in [5.74, 6) is -0.422. The molecule has 0 unspecified atom stereocenters. The van der Waals surface area contributed by atoms with Crippen molar-refractivity contribution < 1.29 is 9.72 Å². The van der Waals surface area contributed by atoms with Crippen molar-refractivity contribution in [2.24, 2.45) is 0 Å². The Balaban J connectivity index is 1.84. The molecule has 0 aliphatic rings. The zero-order valence-corrected chi connectivity index (χ0v) is 15.6. The smallest absolute Gasteiger partial charge is 0.292 e. The number of nitro groups is 1. The van der Waals surface area contributed by atoms with Crippen LogP contribution in [0, 0.1) is 17.0 Å². The number of benzene rings is 3. The van der Waals surface area contributed by atoms with Gasteiger partial charge in [0.1, 0.15) is 5.69 Å². The van der Waals surface area contributed by atoms with E-state index in [4.69, 9.17) is 4.98 Å². The molecule has 1 N–H and O–H groups in total. The van der Waals surface area contributed by atoms with Crippen LogP contribution in [0.3, 0.4) is 0 Å². The summed E-state index contributed by atoms with van der Waals surface area (Å²) in [5.41, 5.74) is 3.64. The maximum atomic E-state index is 13.1. The molecule has 0 saturated heterocycles. The topological polar surface area (TPSA) is 85.1 Å². The van der Waals surface area contributed by atoms with E-state index in [1.54, 1.807) is 18.2 Å². The van der Waals surface area contributed by atoms with E-state index in [1.807, 2.05) is 55.5 Å². The maximum Gasteiger partial charge on any atom is 0.292 e. The number of nitrogens with one attached hydrogen (secondary N) is 1. The highest BCUT2D eigenvalue weighted by Crippen LogP contribution is 2.28. The molecule has 0 bridgehead atoms. The van der Waals surface area contributed by atoms with Crippen LogP contribution >= 0.6 is 0 Å². The van der Waals surface area contributed by atoms with Gasteiger partial charge in [-0.15, -0.1) is 0 Å². The molecule has 6 nitrogen and oxygen atoms in total. The molecule has 1 heterocycles. The summed E-state index contributed by atoms with van der Waals surface area (Å²) >= 11 is 0. The van der Waals surface area contributed by atoms with Gasteiger partial charge in [0.25, 0.3) is 11.6 Å². The first-order chi connectivity index (χ1) is 14.0. The van der Waals surface area contributed by atoms with Crippen LogP contribution in [0.25, 0.3) is 22.2 Å². The second-order valence-electron chi connectivity index (χ2n) is 6.67. The number of hydrogen-bond acceptors (Lipinski definition) is 4. The molecule has 1 aromatic heterocycles. The predicted molar refractivity (Wildman–Crippen MR) is 113 cm³/mol. The lowest BCUT2D eigenvalue weighted by molar-refractivity contribution is -0.383. The number of anilines is 1. The summed E-state index contributed by atoms with van der Waals surface area (Å²) in [6.45, 7) is 1.94. The zero-order valence-electron chi connectivity index (χ0n) is 15.6. The van der Waals surface area contributed by atoms with Gasteiger partial charge < -0.3 is 5.32 Å². The minimum Gasteiger partial charge on any atom is -0.316 e. The van der Waals surface area contributed by atoms with Gasteiger partial charge in [-0.2, -0.15) is 0 Å². The Kier molecular flexibility index (Phi) is 4.75. The van der Waals surface area contributed by atoms with E-state index >= 15 is 0 Å². The number of carbonyl (C=O) groups is 1. The molecule has 0 aliphatic heterocycles. The minimum atomic E-state index is -0.514. The van der Waals surface area contributed by atoms with Crippen LogP contribution < -0.4 is 5.32 Å². The number of nitro benzene ring substituents is 1. The third kappa shape index (κ3) is 3.68. The lowest BCUT2D eigenvalue weighted by Gasteiger charge is -2.11. The first kappa shape index (κ1) is 18.3. The first-order valence-corrected chi connectivity index (χ1v) is 9.04. The number of aromatic nitrogens is 1. The molecule has 4 aromatic rings. The Morgan fingerprint density at radius 1 is 0.966 bits per heavy atom. The largest absolute Gasteiger partial charge is 0.316 e. The van der Waals surface area contributed by atoms with Crippen molar-refractivity contribution in [1.29, 1.82) is 0 Å². The Morgan fingerprint density at radius 2 is 1.69 bits per heavy atom. The molecular formula is C23H17N3O3. The molecule has 0 radical (unpaired) electrons. The molecule has 0 aliphatic carbocycles. The lowest BCUT2D eigenvalue weighted by Crippen LogP contribution is -2.14. The average molecular weight is 383 g/mol. The van der Waals surface area contributed by atoms with Gasteiger partial charge in [0.15, 0.2) is 0 Å². The van der Waals surface area contributed by atoms with E-state index in [9.17, 15) is 14.9 Å². The van der Waals surface area contributed by atoms with E-state index in [-0.39, 0.29) is 11.4 Å². The van der Waals surface area contributed by atoms with Gasteiger partial charge in [0.2, 0.25) is 0 Å². The molecule has 0 fully saturated rings. The van der Waals surface area contributed by atoms with Crippen molar-refractivity contribution in [2.45, 2.75) is 6.92 Å². The summed E-state index contributed by atoms with van der Waals surface area (Å²) in [6.07, 6.45) is 0. The quantitative estimate of drug-likeness (QED) is 0.379. The minimum absolute atomic E-state index is 0.154. The summed E-state index contributed by atoms with van der Waals surface area (Å²) < 4.78 is 0. The summed E-state index contributed by atoms with van der Waals surface area (Å²) in [6, 6.07) is 23.1. The van der Waals surface area contributed by atoms with Gasteiger partial charge in [-0.25, -0.2) is 4.98 Å². The fourth-order valence-electron chi connectivity index (χ4n) is 3.21. The van der Waals surface area contributed by atoms with Crippen LogP contribution in [0.1, 0.15) is 15.9 Å². The van der Waals surface area contributed by atoms with Crippen LogP contribution in [0.4, 0.5) is 11.4 Å². The number of carbonyl (C=O) groups excluding carboxylic acids is 1. The molecule has 4 rings (SSSR count). The average Bonchev–Trinajstić information content (AvgIpc) is 2.73. The van der Waals surface area contributed by atoms with Crippen molar-refractivity contribution in [1.82, 2.24) is 4.98 Å². The molecule has 3 aromatic carbocycles. The fourth-order valence-corrected chi connectivity index (χ4v) is 3.21. The summed E-state index contributed by atoms with van der Waals surface area (Å²) in [7, 11) is 0. The number of nitrogens with zero attached hydrogens (tertiary/aromatic N) is 2. The van der Waals surface area contributed by atoms with Crippen LogP contribution in [-0.4, -0.2) is 15.8 Å². The van der Waals surface area contributed by atoms with Gasteiger partial charge >= 0.3 is 0 Å². The third-order valence-corrected chi connectivity index (χ3v) is 4.63. The number of amides is 1. The van der Waals surface area contributed by atoms with Crippen molar-refractivity contribution in [2.75, 3.05) is 5.32 Å².